The summed E-state index contributed by atoms with van der Waals surface area (Å²) in [4.78, 5) is 11.5. The van der Waals surface area contributed by atoms with Crippen molar-refractivity contribution >= 4 is 21.8 Å². The van der Waals surface area contributed by atoms with E-state index in [0.29, 0.717) is 10.4 Å². The summed E-state index contributed by atoms with van der Waals surface area (Å²) in [5, 5.41) is 2.86. The quantitative estimate of drug-likeness (QED) is 0.915. The molecular formula is C11H14BrNO2. The van der Waals surface area contributed by atoms with Gasteiger partial charge >= 0.3 is 0 Å². The van der Waals surface area contributed by atoms with Crippen molar-refractivity contribution in [3.8, 4) is 0 Å². The van der Waals surface area contributed by atoms with E-state index in [0.717, 1.165) is 18.9 Å². The van der Waals surface area contributed by atoms with Crippen molar-refractivity contribution in [3.05, 3.63) is 22.6 Å². The van der Waals surface area contributed by atoms with Gasteiger partial charge in [-0.2, -0.15) is 0 Å². The molecule has 0 saturated heterocycles. The summed E-state index contributed by atoms with van der Waals surface area (Å²) in [5.74, 6) is 1.07. The van der Waals surface area contributed by atoms with E-state index in [9.17, 15) is 4.79 Å². The van der Waals surface area contributed by atoms with Gasteiger partial charge < -0.3 is 9.73 Å². The van der Waals surface area contributed by atoms with E-state index in [1.165, 1.54) is 19.3 Å². The molecule has 0 spiro atoms. The van der Waals surface area contributed by atoms with Gasteiger partial charge in [0.2, 0.25) is 0 Å². The molecule has 0 aromatic carbocycles. The molecule has 0 atom stereocenters. The van der Waals surface area contributed by atoms with E-state index in [1.54, 1.807) is 12.1 Å². The molecule has 0 bridgehead atoms. The molecule has 3 nitrogen and oxygen atoms in total. The number of hydrogen-bond donors (Lipinski definition) is 1. The van der Waals surface area contributed by atoms with Crippen LogP contribution in [0, 0.1) is 5.92 Å². The van der Waals surface area contributed by atoms with E-state index in [4.69, 9.17) is 4.42 Å². The molecule has 2 rings (SSSR count). The molecule has 82 valence electrons. The molecule has 1 aliphatic rings. The fourth-order valence-electron chi connectivity index (χ4n) is 1.69. The summed E-state index contributed by atoms with van der Waals surface area (Å²) >= 11 is 3.17. The highest BCUT2D eigenvalue weighted by molar-refractivity contribution is 9.10. The number of amides is 1. The highest BCUT2D eigenvalue weighted by Gasteiger charge is 2.17. The van der Waals surface area contributed by atoms with Crippen molar-refractivity contribution in [1.82, 2.24) is 5.32 Å². The van der Waals surface area contributed by atoms with Crippen LogP contribution in [0.1, 0.15) is 36.2 Å². The zero-order valence-corrected chi connectivity index (χ0v) is 10.0. The maximum absolute atomic E-state index is 11.5. The molecule has 0 aliphatic heterocycles. The molecule has 1 aromatic heterocycles. The van der Waals surface area contributed by atoms with Crippen LogP contribution in [-0.2, 0) is 0 Å². The molecular weight excluding hydrogens is 258 g/mol. The lowest BCUT2D eigenvalue weighted by molar-refractivity contribution is 0.0920. The number of carbonyl (C=O) groups excluding carboxylic acids is 1. The van der Waals surface area contributed by atoms with Crippen molar-refractivity contribution in [2.24, 2.45) is 5.92 Å². The fraction of sp³-hybridized carbons (Fsp3) is 0.545. The molecule has 1 aromatic rings. The monoisotopic (exact) mass is 271 g/mol. The Balaban J connectivity index is 1.72. The van der Waals surface area contributed by atoms with Crippen LogP contribution in [0.15, 0.2) is 21.2 Å². The average molecular weight is 272 g/mol. The maximum Gasteiger partial charge on any atom is 0.287 e. The number of hydrogen-bond acceptors (Lipinski definition) is 2. The van der Waals surface area contributed by atoms with Gasteiger partial charge in [0.15, 0.2) is 10.4 Å². The predicted molar refractivity (Wildman–Crippen MR) is 60.7 cm³/mol. The van der Waals surface area contributed by atoms with Gasteiger partial charge in [0.25, 0.3) is 5.91 Å². The van der Waals surface area contributed by atoms with Gasteiger partial charge in [-0.1, -0.05) is 19.3 Å². The van der Waals surface area contributed by atoms with Gasteiger partial charge in [-0.05, 0) is 40.4 Å². The van der Waals surface area contributed by atoms with Gasteiger partial charge in [0.05, 0.1) is 0 Å². The Morgan fingerprint density at radius 1 is 1.53 bits per heavy atom. The van der Waals surface area contributed by atoms with Crippen LogP contribution in [0.3, 0.4) is 0 Å². The zero-order chi connectivity index (χ0) is 10.7. The second-order valence-corrected chi connectivity index (χ2v) is 4.73. The van der Waals surface area contributed by atoms with E-state index < -0.39 is 0 Å². The Morgan fingerprint density at radius 3 is 2.87 bits per heavy atom. The molecule has 0 unspecified atom stereocenters. The molecule has 1 N–H and O–H groups in total. The number of furan rings is 1. The van der Waals surface area contributed by atoms with Crippen molar-refractivity contribution in [2.75, 3.05) is 6.54 Å². The standard InChI is InChI=1S/C11H14BrNO2/c12-10-5-4-9(15-10)11(14)13-7-6-8-2-1-3-8/h4-5,8H,1-3,6-7H2,(H,13,14). The summed E-state index contributed by atoms with van der Waals surface area (Å²) in [6.07, 6.45) is 5.09. The first-order valence-electron chi connectivity index (χ1n) is 5.29. The summed E-state index contributed by atoms with van der Waals surface area (Å²) in [6.45, 7) is 0.752. The lowest BCUT2D eigenvalue weighted by Crippen LogP contribution is -2.27. The highest BCUT2D eigenvalue weighted by Crippen LogP contribution is 2.28. The summed E-state index contributed by atoms with van der Waals surface area (Å²) in [7, 11) is 0. The highest BCUT2D eigenvalue weighted by atomic mass is 79.9. The van der Waals surface area contributed by atoms with Crippen LogP contribution in [0.4, 0.5) is 0 Å². The van der Waals surface area contributed by atoms with Crippen LogP contribution < -0.4 is 5.32 Å². The number of halogens is 1. The first-order chi connectivity index (χ1) is 7.25. The summed E-state index contributed by atoms with van der Waals surface area (Å²) in [5.41, 5.74) is 0. The van der Waals surface area contributed by atoms with Crippen LogP contribution in [0.2, 0.25) is 0 Å². The summed E-state index contributed by atoms with van der Waals surface area (Å²) in [6, 6.07) is 3.39. The maximum atomic E-state index is 11.5. The van der Waals surface area contributed by atoms with Crippen LogP contribution in [-0.4, -0.2) is 12.5 Å². The van der Waals surface area contributed by atoms with E-state index in [2.05, 4.69) is 21.2 Å². The van der Waals surface area contributed by atoms with Crippen LogP contribution in [0.5, 0.6) is 0 Å². The summed E-state index contributed by atoms with van der Waals surface area (Å²) < 4.78 is 5.74. The normalized spacial score (nSPS) is 16.1. The lowest BCUT2D eigenvalue weighted by atomic mass is 9.83. The number of carbonyl (C=O) groups is 1. The van der Waals surface area contributed by atoms with Crippen molar-refractivity contribution in [2.45, 2.75) is 25.7 Å². The van der Waals surface area contributed by atoms with E-state index in [-0.39, 0.29) is 5.91 Å². The lowest BCUT2D eigenvalue weighted by Gasteiger charge is -2.24. The predicted octanol–water partition coefficient (Wildman–Crippen LogP) is 2.96. The van der Waals surface area contributed by atoms with Crippen LogP contribution in [0.25, 0.3) is 0 Å². The topological polar surface area (TPSA) is 42.2 Å². The smallest absolute Gasteiger partial charge is 0.287 e. The number of nitrogens with one attached hydrogen (secondary N) is 1. The minimum atomic E-state index is -0.125. The zero-order valence-electron chi connectivity index (χ0n) is 8.46. The third-order valence-corrected chi connectivity index (χ3v) is 3.29. The van der Waals surface area contributed by atoms with Gasteiger partial charge in [-0.15, -0.1) is 0 Å². The fourth-order valence-corrected chi connectivity index (χ4v) is 2.00. The van der Waals surface area contributed by atoms with Crippen LogP contribution >= 0.6 is 15.9 Å². The minimum absolute atomic E-state index is 0.125. The van der Waals surface area contributed by atoms with Crippen molar-refractivity contribution < 1.29 is 9.21 Å². The SMILES string of the molecule is O=C(NCCC1CCC1)c1ccc(Br)o1. The molecule has 1 amide bonds. The van der Waals surface area contributed by atoms with Gasteiger partial charge in [-0.25, -0.2) is 0 Å². The molecule has 1 heterocycles. The third kappa shape index (κ3) is 2.84. The molecule has 0 radical (unpaired) electrons. The minimum Gasteiger partial charge on any atom is -0.444 e. The van der Waals surface area contributed by atoms with E-state index >= 15 is 0 Å². The number of rotatable bonds is 4. The average Bonchev–Trinajstić information content (AvgIpc) is 2.56. The first-order valence-corrected chi connectivity index (χ1v) is 6.08. The largest absolute Gasteiger partial charge is 0.444 e. The van der Waals surface area contributed by atoms with Gasteiger partial charge in [-0.3, -0.25) is 4.79 Å². The van der Waals surface area contributed by atoms with E-state index in [1.807, 2.05) is 0 Å². The Morgan fingerprint density at radius 2 is 2.33 bits per heavy atom. The van der Waals surface area contributed by atoms with Gasteiger partial charge in [0, 0.05) is 6.54 Å². The van der Waals surface area contributed by atoms with Gasteiger partial charge in [0.1, 0.15) is 0 Å². The molecule has 15 heavy (non-hydrogen) atoms. The molecule has 1 fully saturated rings. The van der Waals surface area contributed by atoms with Crippen molar-refractivity contribution in [1.29, 1.82) is 0 Å². The molecule has 1 saturated carbocycles. The van der Waals surface area contributed by atoms with Crippen molar-refractivity contribution in [3.63, 3.8) is 0 Å². The Bertz CT molecular complexity index is 344. The Hall–Kier alpha value is -0.770. The Kier molecular flexibility index (Phi) is 3.46. The third-order valence-electron chi connectivity index (χ3n) is 2.86. The second-order valence-electron chi connectivity index (χ2n) is 3.95. The molecule has 1 aliphatic carbocycles. The second kappa shape index (κ2) is 4.84. The first kappa shape index (κ1) is 10.7. The molecule has 4 heteroatoms. The Labute approximate surface area is 97.4 Å².